The lowest BCUT2D eigenvalue weighted by Gasteiger charge is -2.21. The molecule has 0 saturated heterocycles. The molecule has 3 aromatic heterocycles. The molecule has 0 saturated carbocycles. The SMILES string of the molecule is N#Cc1cc2c3ccccc3n(-c3ccccc3)c2c(-n2c3ccccc3c3ccccc32)c1-n1c2ccccc2c2ccccc21. The average molecular weight is 599 g/mol. The van der Waals surface area contributed by atoms with Crippen LogP contribution in [0, 0.1) is 11.3 Å². The molecule has 0 aliphatic carbocycles. The van der Waals surface area contributed by atoms with E-state index in [1.54, 1.807) is 0 Å². The average Bonchev–Trinajstić information content (AvgIpc) is 3.77. The van der Waals surface area contributed by atoms with Crippen LogP contribution in [0.4, 0.5) is 0 Å². The van der Waals surface area contributed by atoms with Crippen LogP contribution in [-0.2, 0) is 0 Å². The highest BCUT2D eigenvalue weighted by molar-refractivity contribution is 6.18. The molecule has 0 amide bonds. The van der Waals surface area contributed by atoms with E-state index in [1.165, 1.54) is 10.8 Å². The quantitative estimate of drug-likeness (QED) is 0.199. The molecular weight excluding hydrogens is 573 g/mol. The number of benzene rings is 7. The number of rotatable bonds is 3. The number of aromatic nitrogens is 3. The van der Waals surface area contributed by atoms with E-state index in [9.17, 15) is 5.26 Å². The van der Waals surface area contributed by atoms with Crippen LogP contribution in [0.2, 0.25) is 0 Å². The molecule has 0 N–H and O–H groups in total. The van der Waals surface area contributed by atoms with Gasteiger partial charge in [0.2, 0.25) is 0 Å². The van der Waals surface area contributed by atoms with E-state index in [0.717, 1.165) is 71.7 Å². The third-order valence-corrected chi connectivity index (χ3v) is 9.65. The van der Waals surface area contributed by atoms with Crippen molar-refractivity contribution in [2.24, 2.45) is 0 Å². The van der Waals surface area contributed by atoms with Gasteiger partial charge in [-0.25, -0.2) is 0 Å². The fraction of sp³-hybridized carbons (Fsp3) is 0. The fourth-order valence-corrected chi connectivity index (χ4v) is 7.79. The maximum atomic E-state index is 11.1. The van der Waals surface area contributed by atoms with Gasteiger partial charge in [0.15, 0.2) is 0 Å². The van der Waals surface area contributed by atoms with E-state index < -0.39 is 0 Å². The number of hydrogen-bond donors (Lipinski definition) is 0. The third-order valence-electron chi connectivity index (χ3n) is 9.65. The molecule has 0 unspecified atom stereocenters. The van der Waals surface area contributed by atoms with Gasteiger partial charge in [0.1, 0.15) is 6.07 Å². The predicted molar refractivity (Wildman–Crippen MR) is 194 cm³/mol. The Morgan fingerprint density at radius 2 is 0.723 bits per heavy atom. The minimum Gasteiger partial charge on any atom is -0.307 e. The van der Waals surface area contributed by atoms with Crippen molar-refractivity contribution < 1.29 is 0 Å². The summed E-state index contributed by atoms with van der Waals surface area (Å²) in [5.41, 5.74) is 10.00. The van der Waals surface area contributed by atoms with Crippen molar-refractivity contribution in [3.8, 4) is 23.1 Å². The van der Waals surface area contributed by atoms with Crippen molar-refractivity contribution in [2.45, 2.75) is 0 Å². The molecule has 0 spiro atoms. The van der Waals surface area contributed by atoms with Crippen LogP contribution >= 0.6 is 0 Å². The monoisotopic (exact) mass is 598 g/mol. The summed E-state index contributed by atoms with van der Waals surface area (Å²) in [5, 5.41) is 17.9. The van der Waals surface area contributed by atoms with Gasteiger partial charge in [-0.05, 0) is 48.5 Å². The Kier molecular flexibility index (Phi) is 5.32. The summed E-state index contributed by atoms with van der Waals surface area (Å²) < 4.78 is 7.08. The van der Waals surface area contributed by atoms with Crippen molar-refractivity contribution in [3.05, 3.63) is 163 Å². The fourth-order valence-electron chi connectivity index (χ4n) is 7.79. The molecule has 10 rings (SSSR count). The van der Waals surface area contributed by atoms with Gasteiger partial charge in [0.05, 0.1) is 50.0 Å². The molecule has 0 aliphatic rings. The van der Waals surface area contributed by atoms with Crippen molar-refractivity contribution in [1.29, 1.82) is 5.26 Å². The first-order valence-electron chi connectivity index (χ1n) is 15.9. The van der Waals surface area contributed by atoms with Crippen molar-refractivity contribution in [2.75, 3.05) is 0 Å². The normalized spacial score (nSPS) is 11.8. The summed E-state index contributed by atoms with van der Waals surface area (Å²) in [7, 11) is 0. The summed E-state index contributed by atoms with van der Waals surface area (Å²) in [6.45, 7) is 0. The molecule has 218 valence electrons. The number of fused-ring (bicyclic) bond motifs is 9. The maximum Gasteiger partial charge on any atom is 0.101 e. The highest BCUT2D eigenvalue weighted by Crippen LogP contribution is 2.45. The first-order chi connectivity index (χ1) is 23.3. The van der Waals surface area contributed by atoms with Gasteiger partial charge < -0.3 is 13.7 Å². The summed E-state index contributed by atoms with van der Waals surface area (Å²) in [6, 6.07) is 58.2. The molecule has 3 heterocycles. The highest BCUT2D eigenvalue weighted by atomic mass is 15.1. The smallest absolute Gasteiger partial charge is 0.101 e. The van der Waals surface area contributed by atoms with Gasteiger partial charge in [0, 0.05) is 38.0 Å². The molecule has 47 heavy (non-hydrogen) atoms. The number of nitrogens with zero attached hydrogens (tertiary/aromatic N) is 4. The van der Waals surface area contributed by atoms with Crippen LogP contribution in [0.3, 0.4) is 0 Å². The second-order valence-electron chi connectivity index (χ2n) is 12.1. The molecule has 0 bridgehead atoms. The predicted octanol–water partition coefficient (Wildman–Crippen LogP) is 10.8. The third kappa shape index (κ3) is 3.46. The van der Waals surface area contributed by atoms with Crippen LogP contribution in [0.15, 0.2) is 158 Å². The zero-order valence-corrected chi connectivity index (χ0v) is 25.3. The van der Waals surface area contributed by atoms with Gasteiger partial charge in [-0.2, -0.15) is 5.26 Å². The lowest BCUT2D eigenvalue weighted by atomic mass is 10.0. The lowest BCUT2D eigenvalue weighted by Crippen LogP contribution is -2.09. The topological polar surface area (TPSA) is 38.6 Å². The van der Waals surface area contributed by atoms with Gasteiger partial charge >= 0.3 is 0 Å². The molecule has 0 fully saturated rings. The van der Waals surface area contributed by atoms with Crippen molar-refractivity contribution in [1.82, 2.24) is 13.7 Å². The van der Waals surface area contributed by atoms with Crippen molar-refractivity contribution >= 4 is 65.4 Å². The zero-order valence-electron chi connectivity index (χ0n) is 25.3. The highest BCUT2D eigenvalue weighted by Gasteiger charge is 2.27. The Hall–Kier alpha value is -6.57. The van der Waals surface area contributed by atoms with Crippen LogP contribution in [0.25, 0.3) is 82.5 Å². The minimum atomic E-state index is 0.622. The zero-order chi connectivity index (χ0) is 31.1. The molecular formula is C43H26N4. The summed E-state index contributed by atoms with van der Waals surface area (Å²) in [6.07, 6.45) is 0. The summed E-state index contributed by atoms with van der Waals surface area (Å²) >= 11 is 0. The van der Waals surface area contributed by atoms with Crippen LogP contribution in [0.1, 0.15) is 5.56 Å². The maximum absolute atomic E-state index is 11.1. The Balaban J connectivity index is 1.55. The molecule has 7 aromatic carbocycles. The first kappa shape index (κ1) is 25.7. The molecule has 0 aliphatic heterocycles. The van der Waals surface area contributed by atoms with Gasteiger partial charge in [-0.1, -0.05) is 109 Å². The second kappa shape index (κ2) is 9.71. The van der Waals surface area contributed by atoms with E-state index >= 15 is 0 Å². The largest absolute Gasteiger partial charge is 0.307 e. The van der Waals surface area contributed by atoms with Gasteiger partial charge in [-0.15, -0.1) is 0 Å². The van der Waals surface area contributed by atoms with Gasteiger partial charge in [-0.3, -0.25) is 0 Å². The van der Waals surface area contributed by atoms with Crippen LogP contribution < -0.4 is 0 Å². The van der Waals surface area contributed by atoms with E-state index in [4.69, 9.17) is 0 Å². The van der Waals surface area contributed by atoms with E-state index in [-0.39, 0.29) is 0 Å². The first-order valence-corrected chi connectivity index (χ1v) is 15.9. The second-order valence-corrected chi connectivity index (χ2v) is 12.1. The molecule has 4 heteroatoms. The Morgan fingerprint density at radius 1 is 0.362 bits per heavy atom. The number of nitriles is 1. The lowest BCUT2D eigenvalue weighted by molar-refractivity contribution is 1.08. The minimum absolute atomic E-state index is 0.622. The van der Waals surface area contributed by atoms with E-state index in [1.807, 2.05) is 0 Å². The molecule has 4 nitrogen and oxygen atoms in total. The van der Waals surface area contributed by atoms with Crippen molar-refractivity contribution in [3.63, 3.8) is 0 Å². The standard InChI is InChI=1S/C43H26N4/c44-27-28-26-35-34-20-8-9-21-36(34)45(29-14-2-1-3-15-29)42(35)43(47-39-24-12-6-18-32(39)33-19-7-13-25-40(33)47)41(28)46-37-22-10-4-16-30(37)31-17-5-11-23-38(31)46/h1-26H. The molecule has 0 radical (unpaired) electrons. The van der Waals surface area contributed by atoms with E-state index in [0.29, 0.717) is 5.56 Å². The number of para-hydroxylation sites is 6. The summed E-state index contributed by atoms with van der Waals surface area (Å²) in [5.74, 6) is 0. The Bertz CT molecular complexity index is 2810. The van der Waals surface area contributed by atoms with Crippen LogP contribution in [-0.4, -0.2) is 13.7 Å². The van der Waals surface area contributed by atoms with E-state index in [2.05, 4.69) is 177 Å². The molecule has 10 aromatic rings. The molecule has 0 atom stereocenters. The Labute approximate surface area is 270 Å². The van der Waals surface area contributed by atoms with Gasteiger partial charge in [0.25, 0.3) is 0 Å². The number of hydrogen-bond acceptors (Lipinski definition) is 1. The van der Waals surface area contributed by atoms with Crippen LogP contribution in [0.5, 0.6) is 0 Å². The Morgan fingerprint density at radius 3 is 1.17 bits per heavy atom. The summed E-state index contributed by atoms with van der Waals surface area (Å²) in [4.78, 5) is 0.